The molecule has 0 unspecified atom stereocenters. The highest BCUT2D eigenvalue weighted by atomic mass is 32.1. The molecule has 1 aromatic rings. The lowest BCUT2D eigenvalue weighted by molar-refractivity contribution is 0.120. The number of aliphatic hydroxyl groups excluding tert-OH is 1. The van der Waals surface area contributed by atoms with Crippen LogP contribution < -0.4 is 10.6 Å². The first-order valence-corrected chi connectivity index (χ1v) is 8.56. The van der Waals surface area contributed by atoms with Crippen molar-refractivity contribution in [3.05, 3.63) is 15.6 Å². The Morgan fingerprint density at radius 2 is 2.05 bits per heavy atom. The molecule has 0 amide bonds. The topological polar surface area (TPSA) is 69.5 Å². The molecule has 1 aliphatic carbocycles. The van der Waals surface area contributed by atoms with Crippen molar-refractivity contribution in [3.63, 3.8) is 0 Å². The molecule has 0 radical (unpaired) electrons. The summed E-state index contributed by atoms with van der Waals surface area (Å²) in [6.45, 7) is 7.66. The highest BCUT2D eigenvalue weighted by Crippen LogP contribution is 2.19. The summed E-state index contributed by atoms with van der Waals surface area (Å²) < 4.78 is 0. The van der Waals surface area contributed by atoms with Crippen LogP contribution in [0.5, 0.6) is 0 Å². The monoisotopic (exact) mass is 310 g/mol. The first-order chi connectivity index (χ1) is 10.1. The molecule has 2 rings (SSSR count). The van der Waals surface area contributed by atoms with Gasteiger partial charge in [0.1, 0.15) is 5.01 Å². The minimum Gasteiger partial charge on any atom is -0.393 e. The molecule has 0 spiro atoms. The molecule has 0 saturated heterocycles. The minimum absolute atomic E-state index is 0.121. The van der Waals surface area contributed by atoms with E-state index in [1.165, 1.54) is 4.88 Å². The van der Waals surface area contributed by atoms with Gasteiger partial charge in [0.2, 0.25) is 0 Å². The van der Waals surface area contributed by atoms with Gasteiger partial charge in [-0.1, -0.05) is 0 Å². The fraction of sp³-hybridized carbons (Fsp3) is 0.733. The predicted molar refractivity (Wildman–Crippen MR) is 87.8 cm³/mol. The Bertz CT molecular complexity index is 459. The maximum Gasteiger partial charge on any atom is 0.191 e. The number of thiazole rings is 1. The average molecular weight is 310 g/mol. The molecule has 5 nitrogen and oxygen atoms in total. The molecule has 0 bridgehead atoms. The Balaban J connectivity index is 1.92. The summed E-state index contributed by atoms with van der Waals surface area (Å²) in [5.41, 5.74) is 1.10. The van der Waals surface area contributed by atoms with Gasteiger partial charge in [-0.25, -0.2) is 9.98 Å². The lowest BCUT2D eigenvalue weighted by Crippen LogP contribution is -2.45. The fourth-order valence-corrected chi connectivity index (χ4v) is 3.35. The van der Waals surface area contributed by atoms with E-state index in [4.69, 9.17) is 0 Å². The maximum atomic E-state index is 9.56. The van der Waals surface area contributed by atoms with Crippen molar-refractivity contribution in [2.24, 2.45) is 4.99 Å². The van der Waals surface area contributed by atoms with Crippen molar-refractivity contribution in [3.8, 4) is 0 Å². The summed E-state index contributed by atoms with van der Waals surface area (Å²) in [7, 11) is 0. The van der Waals surface area contributed by atoms with Crippen LogP contribution in [0, 0.1) is 13.8 Å². The van der Waals surface area contributed by atoms with Crippen molar-refractivity contribution in [2.45, 2.75) is 65.1 Å². The summed E-state index contributed by atoms with van der Waals surface area (Å²) in [6.07, 6.45) is 3.63. The standard InChI is InChI=1S/C15H26N4OS/c1-4-16-15(19-12-5-7-13(20)8-6-12)17-9-14-18-10(2)11(3)21-14/h12-13,20H,4-9H2,1-3H3,(H2,16,17,19). The van der Waals surface area contributed by atoms with E-state index in [0.29, 0.717) is 12.6 Å². The number of guanidine groups is 1. The Hall–Kier alpha value is -1.14. The number of aryl methyl sites for hydroxylation is 2. The van der Waals surface area contributed by atoms with E-state index in [1.54, 1.807) is 11.3 Å². The summed E-state index contributed by atoms with van der Waals surface area (Å²) >= 11 is 1.71. The fourth-order valence-electron chi connectivity index (χ4n) is 2.49. The normalized spacial score (nSPS) is 23.1. The van der Waals surface area contributed by atoms with Gasteiger partial charge < -0.3 is 15.7 Å². The number of nitrogens with zero attached hydrogens (tertiary/aromatic N) is 2. The number of aliphatic imine (C=N–C) groups is 1. The van der Waals surface area contributed by atoms with Crippen LogP contribution in [-0.4, -0.2) is 34.7 Å². The van der Waals surface area contributed by atoms with Crippen molar-refractivity contribution < 1.29 is 5.11 Å². The van der Waals surface area contributed by atoms with E-state index in [-0.39, 0.29) is 6.10 Å². The number of hydrogen-bond donors (Lipinski definition) is 3. The number of aromatic nitrogens is 1. The summed E-state index contributed by atoms with van der Waals surface area (Å²) in [4.78, 5) is 10.4. The second-order valence-corrected chi connectivity index (χ2v) is 6.88. The van der Waals surface area contributed by atoms with E-state index in [2.05, 4.69) is 34.5 Å². The SMILES string of the molecule is CCNC(=NCc1nc(C)c(C)s1)NC1CCC(O)CC1. The van der Waals surface area contributed by atoms with Crippen LogP contribution in [-0.2, 0) is 6.54 Å². The van der Waals surface area contributed by atoms with Crippen LogP contribution in [0.4, 0.5) is 0 Å². The van der Waals surface area contributed by atoms with Crippen molar-refractivity contribution in [1.82, 2.24) is 15.6 Å². The van der Waals surface area contributed by atoms with Crippen LogP contribution in [0.1, 0.15) is 48.2 Å². The Labute approximate surface area is 130 Å². The largest absolute Gasteiger partial charge is 0.393 e. The van der Waals surface area contributed by atoms with Crippen LogP contribution in [0.3, 0.4) is 0 Å². The van der Waals surface area contributed by atoms with Crippen LogP contribution >= 0.6 is 11.3 Å². The molecule has 1 fully saturated rings. The second-order valence-electron chi connectivity index (χ2n) is 5.59. The molecule has 1 aromatic heterocycles. The molecule has 0 aromatic carbocycles. The number of aliphatic hydroxyl groups is 1. The van der Waals surface area contributed by atoms with Gasteiger partial charge >= 0.3 is 0 Å². The Morgan fingerprint density at radius 1 is 1.33 bits per heavy atom. The zero-order valence-corrected chi connectivity index (χ0v) is 14.0. The number of nitrogens with one attached hydrogen (secondary N) is 2. The zero-order chi connectivity index (χ0) is 15.2. The lowest BCUT2D eigenvalue weighted by atomic mass is 9.93. The highest BCUT2D eigenvalue weighted by Gasteiger charge is 2.19. The molecule has 1 heterocycles. The van der Waals surface area contributed by atoms with Gasteiger partial charge in [-0.15, -0.1) is 11.3 Å². The van der Waals surface area contributed by atoms with E-state index in [0.717, 1.165) is 48.9 Å². The molecule has 118 valence electrons. The van der Waals surface area contributed by atoms with Crippen molar-refractivity contribution in [2.75, 3.05) is 6.54 Å². The second kappa shape index (κ2) is 7.75. The first kappa shape index (κ1) is 16.2. The zero-order valence-electron chi connectivity index (χ0n) is 13.1. The van der Waals surface area contributed by atoms with Gasteiger partial charge in [0.15, 0.2) is 5.96 Å². The molecule has 3 N–H and O–H groups in total. The maximum absolute atomic E-state index is 9.56. The highest BCUT2D eigenvalue weighted by molar-refractivity contribution is 7.11. The third-order valence-electron chi connectivity index (χ3n) is 3.83. The smallest absolute Gasteiger partial charge is 0.191 e. The van der Waals surface area contributed by atoms with Gasteiger partial charge in [-0.2, -0.15) is 0 Å². The summed E-state index contributed by atoms with van der Waals surface area (Å²) in [5, 5.41) is 17.4. The molecular formula is C15H26N4OS. The van der Waals surface area contributed by atoms with Gasteiger partial charge in [0, 0.05) is 17.5 Å². The number of rotatable bonds is 4. The lowest BCUT2D eigenvalue weighted by Gasteiger charge is -2.27. The van der Waals surface area contributed by atoms with Gasteiger partial charge in [0.25, 0.3) is 0 Å². The van der Waals surface area contributed by atoms with Crippen LogP contribution in [0.2, 0.25) is 0 Å². The van der Waals surface area contributed by atoms with E-state index in [1.807, 2.05) is 6.92 Å². The Kier molecular flexibility index (Phi) is 5.99. The summed E-state index contributed by atoms with van der Waals surface area (Å²) in [5.74, 6) is 0.851. The molecule has 6 heteroatoms. The van der Waals surface area contributed by atoms with E-state index in [9.17, 15) is 5.11 Å². The van der Waals surface area contributed by atoms with Crippen molar-refractivity contribution >= 4 is 17.3 Å². The molecule has 1 saturated carbocycles. The predicted octanol–water partition coefficient (Wildman–Crippen LogP) is 2.12. The third-order valence-corrected chi connectivity index (χ3v) is 4.88. The van der Waals surface area contributed by atoms with Crippen LogP contribution in [0.15, 0.2) is 4.99 Å². The van der Waals surface area contributed by atoms with Gasteiger partial charge in [-0.3, -0.25) is 0 Å². The molecule has 1 aliphatic rings. The quantitative estimate of drug-likeness (QED) is 0.588. The number of hydrogen-bond acceptors (Lipinski definition) is 4. The van der Waals surface area contributed by atoms with Gasteiger partial charge in [0.05, 0.1) is 18.3 Å². The first-order valence-electron chi connectivity index (χ1n) is 7.74. The average Bonchev–Trinajstić information content (AvgIpc) is 2.78. The third kappa shape index (κ3) is 4.97. The van der Waals surface area contributed by atoms with E-state index >= 15 is 0 Å². The molecule has 21 heavy (non-hydrogen) atoms. The molecule has 0 atom stereocenters. The van der Waals surface area contributed by atoms with E-state index < -0.39 is 0 Å². The van der Waals surface area contributed by atoms with Crippen LogP contribution in [0.25, 0.3) is 0 Å². The Morgan fingerprint density at radius 3 is 2.62 bits per heavy atom. The van der Waals surface area contributed by atoms with Gasteiger partial charge in [-0.05, 0) is 46.5 Å². The summed E-state index contributed by atoms with van der Waals surface area (Å²) in [6, 6.07) is 0.408. The van der Waals surface area contributed by atoms with Crippen molar-refractivity contribution in [1.29, 1.82) is 0 Å². The molecule has 0 aliphatic heterocycles. The molecular weight excluding hydrogens is 284 g/mol. The minimum atomic E-state index is -0.121.